The molecular weight excluding hydrogens is 155 g/mol. The quantitative estimate of drug-likeness (QED) is 0.214. The minimum absolute atomic E-state index is 0. The molecule has 0 atom stereocenters. The molecule has 0 rings (SSSR count). The summed E-state index contributed by atoms with van der Waals surface area (Å²) in [6.07, 6.45) is 0. The molecule has 2 nitrogen and oxygen atoms in total. The van der Waals surface area contributed by atoms with E-state index >= 15 is 0 Å². The van der Waals surface area contributed by atoms with Gasteiger partial charge in [0.15, 0.2) is 0 Å². The Hall–Kier alpha value is 0.590. The summed E-state index contributed by atoms with van der Waals surface area (Å²) in [5, 5.41) is 0. The van der Waals surface area contributed by atoms with Crippen molar-refractivity contribution in [1.29, 1.82) is 0 Å². The van der Waals surface area contributed by atoms with Crippen LogP contribution < -0.4 is 16.4 Å². The van der Waals surface area contributed by atoms with Gasteiger partial charge in [-0.15, -0.1) is 0 Å². The molecule has 4 heavy (non-hydrogen) atoms. The van der Waals surface area contributed by atoms with Crippen LogP contribution in [0.15, 0.2) is 0 Å². The standard InChI is InChI=1S/Ag.FH.H4N2/c;;1-2/h;1H;1-2H2/q+1;;/p-1. The fraction of sp³-hybridized carbons (Fsp3) is 0. The first kappa shape index (κ1) is 23.4. The molecule has 0 unspecified atom stereocenters. The van der Waals surface area contributed by atoms with Gasteiger partial charge in [0, 0.05) is 0 Å². The Morgan fingerprint density at radius 2 is 1.00 bits per heavy atom. The third kappa shape index (κ3) is 18.8. The molecule has 0 heterocycles. The van der Waals surface area contributed by atoms with E-state index < -0.39 is 0 Å². The number of nitrogens with two attached hydrogens (primary N) is 2. The second kappa shape index (κ2) is 69.1. The van der Waals surface area contributed by atoms with Crippen molar-refractivity contribution in [2.24, 2.45) is 11.7 Å². The average molecular weight is 159 g/mol. The smallest absolute Gasteiger partial charge is 1.00 e. The Kier molecular flexibility index (Phi) is 404. The summed E-state index contributed by atoms with van der Waals surface area (Å²) in [5.41, 5.74) is 0. The Labute approximate surface area is 39.4 Å². The fourth-order valence-corrected chi connectivity index (χ4v) is 0. The van der Waals surface area contributed by atoms with E-state index in [1.165, 1.54) is 0 Å². The molecule has 0 saturated carbocycles. The molecule has 0 aliphatic heterocycles. The predicted octanol–water partition coefficient (Wildman–Crippen LogP) is -4.18. The summed E-state index contributed by atoms with van der Waals surface area (Å²) in [6.45, 7) is 0. The number of hydrazine groups is 1. The summed E-state index contributed by atoms with van der Waals surface area (Å²) in [7, 11) is 0. The van der Waals surface area contributed by atoms with Crippen LogP contribution in [0.5, 0.6) is 0 Å². The van der Waals surface area contributed by atoms with Crippen molar-refractivity contribution < 1.29 is 27.1 Å². The number of rotatable bonds is 0. The molecule has 0 aromatic rings. The normalized spacial score (nSPS) is 1.50. The SMILES string of the molecule is NN.[Ag+].[F-]. The van der Waals surface area contributed by atoms with E-state index in [2.05, 4.69) is 11.7 Å². The van der Waals surface area contributed by atoms with Crippen molar-refractivity contribution >= 4 is 0 Å². The first-order valence-corrected chi connectivity index (χ1v) is 0.333. The maximum atomic E-state index is 4.00. The minimum Gasteiger partial charge on any atom is -1.00 e. The van der Waals surface area contributed by atoms with Crippen LogP contribution in [0.3, 0.4) is 0 Å². The summed E-state index contributed by atoms with van der Waals surface area (Å²) in [6, 6.07) is 0. The van der Waals surface area contributed by atoms with Crippen molar-refractivity contribution in [3.05, 3.63) is 0 Å². The molecule has 0 radical (unpaired) electrons. The van der Waals surface area contributed by atoms with E-state index in [0.29, 0.717) is 0 Å². The Morgan fingerprint density at radius 3 is 1.00 bits per heavy atom. The Bertz CT molecular complexity index is 6.00. The van der Waals surface area contributed by atoms with Crippen LogP contribution in [0.4, 0.5) is 0 Å². The van der Waals surface area contributed by atoms with Crippen molar-refractivity contribution in [3.63, 3.8) is 0 Å². The van der Waals surface area contributed by atoms with Crippen molar-refractivity contribution in [3.8, 4) is 0 Å². The van der Waals surface area contributed by atoms with Crippen LogP contribution in [0, 0.1) is 0 Å². The molecule has 0 aromatic heterocycles. The van der Waals surface area contributed by atoms with Gasteiger partial charge in [0.2, 0.25) is 0 Å². The number of hydrogen-bond donors (Lipinski definition) is 2. The summed E-state index contributed by atoms with van der Waals surface area (Å²) >= 11 is 0. The van der Waals surface area contributed by atoms with Crippen LogP contribution in [0.2, 0.25) is 0 Å². The van der Waals surface area contributed by atoms with Gasteiger partial charge in [-0.25, -0.2) is 0 Å². The van der Waals surface area contributed by atoms with Gasteiger partial charge in [0.25, 0.3) is 0 Å². The zero-order valence-corrected chi connectivity index (χ0v) is 3.32. The number of halogens is 1. The van der Waals surface area contributed by atoms with Crippen LogP contribution >= 0.6 is 0 Å². The van der Waals surface area contributed by atoms with Gasteiger partial charge in [0.05, 0.1) is 0 Å². The maximum absolute atomic E-state index is 4.00. The van der Waals surface area contributed by atoms with E-state index in [1.54, 1.807) is 0 Å². The van der Waals surface area contributed by atoms with Crippen LogP contribution in [-0.4, -0.2) is 0 Å². The summed E-state index contributed by atoms with van der Waals surface area (Å²) < 4.78 is 0. The van der Waals surface area contributed by atoms with Gasteiger partial charge in [0.1, 0.15) is 0 Å². The molecule has 0 spiro atoms. The van der Waals surface area contributed by atoms with Gasteiger partial charge in [-0.1, -0.05) is 0 Å². The minimum atomic E-state index is 0. The van der Waals surface area contributed by atoms with Gasteiger partial charge in [-0.2, -0.15) is 0 Å². The topological polar surface area (TPSA) is 52.0 Å². The third-order valence-corrected chi connectivity index (χ3v) is 0. The molecule has 0 saturated heterocycles. The molecule has 4 N–H and O–H groups in total. The fourth-order valence-electron chi connectivity index (χ4n) is 0. The van der Waals surface area contributed by atoms with E-state index in [1.807, 2.05) is 0 Å². The molecule has 0 aliphatic rings. The summed E-state index contributed by atoms with van der Waals surface area (Å²) in [5.74, 6) is 8.00. The molecule has 0 amide bonds. The van der Waals surface area contributed by atoms with Crippen molar-refractivity contribution in [2.45, 2.75) is 0 Å². The van der Waals surface area contributed by atoms with Gasteiger partial charge in [-0.3, -0.25) is 11.7 Å². The predicted molar refractivity (Wildman–Crippen MR) is 8.37 cm³/mol. The number of hydrogen-bond acceptors (Lipinski definition) is 2. The first-order chi connectivity index (χ1) is 1.00. The second-order valence-electron chi connectivity index (χ2n) is 0. The second-order valence-corrected chi connectivity index (χ2v) is 0. The van der Waals surface area contributed by atoms with Crippen LogP contribution in [-0.2, 0) is 22.4 Å². The van der Waals surface area contributed by atoms with Crippen molar-refractivity contribution in [2.75, 3.05) is 0 Å². The molecular formula is H4AgFN2. The van der Waals surface area contributed by atoms with Crippen LogP contribution in [0.1, 0.15) is 0 Å². The van der Waals surface area contributed by atoms with Gasteiger partial charge >= 0.3 is 22.4 Å². The van der Waals surface area contributed by atoms with Crippen LogP contribution in [0.25, 0.3) is 0 Å². The Balaban J connectivity index is -0.00000000500. The van der Waals surface area contributed by atoms with Gasteiger partial charge < -0.3 is 4.70 Å². The van der Waals surface area contributed by atoms with Gasteiger partial charge in [-0.05, 0) is 0 Å². The Morgan fingerprint density at radius 1 is 1.00 bits per heavy atom. The average Bonchev–Trinajstić information content (AvgIpc) is 1.00. The molecule has 0 aromatic carbocycles. The van der Waals surface area contributed by atoms with E-state index in [-0.39, 0.29) is 27.1 Å². The zero-order chi connectivity index (χ0) is 2.00. The van der Waals surface area contributed by atoms with Crippen molar-refractivity contribution in [1.82, 2.24) is 0 Å². The first-order valence-electron chi connectivity index (χ1n) is 0.333. The van der Waals surface area contributed by atoms with E-state index in [4.69, 9.17) is 0 Å². The molecule has 0 aliphatic carbocycles. The molecule has 32 valence electrons. The zero-order valence-electron chi connectivity index (χ0n) is 1.83. The maximum Gasteiger partial charge on any atom is 1.00 e. The van der Waals surface area contributed by atoms with E-state index in [0.717, 1.165) is 0 Å². The molecule has 0 fully saturated rings. The third-order valence-electron chi connectivity index (χ3n) is 0. The molecule has 0 bridgehead atoms. The van der Waals surface area contributed by atoms with E-state index in [9.17, 15) is 0 Å². The largest absolute Gasteiger partial charge is 1.00 e. The molecule has 4 heteroatoms. The monoisotopic (exact) mass is 158 g/mol. The summed E-state index contributed by atoms with van der Waals surface area (Å²) in [4.78, 5) is 0.